The maximum absolute atomic E-state index is 13.0. The number of amidine groups is 1. The van der Waals surface area contributed by atoms with Gasteiger partial charge in [-0.2, -0.15) is 0 Å². The van der Waals surface area contributed by atoms with Crippen molar-refractivity contribution in [2.75, 3.05) is 18.0 Å². The molecule has 1 aromatic carbocycles. The first kappa shape index (κ1) is 9.96. The number of hydrogen-bond donors (Lipinski definition) is 2. The lowest BCUT2D eigenvalue weighted by molar-refractivity contribution is 0.627. The minimum absolute atomic E-state index is 0.180. The Balaban J connectivity index is 2.13. The number of hydrogen-bond acceptors (Lipinski definition) is 2. The average Bonchev–Trinajstić information content (AvgIpc) is 2.57. The molecule has 0 aliphatic carbocycles. The van der Waals surface area contributed by atoms with E-state index in [1.165, 1.54) is 11.6 Å². The molecule has 0 aromatic heterocycles. The van der Waals surface area contributed by atoms with Crippen LogP contribution in [-0.4, -0.2) is 18.9 Å². The molecule has 0 unspecified atom stereocenters. The van der Waals surface area contributed by atoms with Crippen LogP contribution in [0.15, 0.2) is 18.2 Å². The Morgan fingerprint density at radius 2 is 2.33 bits per heavy atom. The number of nitrogens with zero attached hydrogens (tertiary/aromatic N) is 1. The van der Waals surface area contributed by atoms with E-state index in [-0.39, 0.29) is 11.7 Å². The van der Waals surface area contributed by atoms with Crippen molar-refractivity contribution in [2.45, 2.75) is 12.8 Å². The Labute approximate surface area is 88.2 Å². The Morgan fingerprint density at radius 1 is 1.53 bits per heavy atom. The topological polar surface area (TPSA) is 53.1 Å². The molecule has 15 heavy (non-hydrogen) atoms. The van der Waals surface area contributed by atoms with Gasteiger partial charge in [0, 0.05) is 25.2 Å². The molecule has 2 rings (SSSR count). The highest BCUT2D eigenvalue weighted by molar-refractivity contribution is 5.77. The van der Waals surface area contributed by atoms with Crippen LogP contribution in [0.5, 0.6) is 0 Å². The standard InChI is InChI=1S/C11H14FN3/c12-9-2-1-8-3-5-15(10(8)7-9)6-4-11(13)14/h1-2,7H,3-6H2,(H3,13,14). The number of fused-ring (bicyclic) bond motifs is 1. The predicted molar refractivity (Wildman–Crippen MR) is 58.8 cm³/mol. The third-order valence-corrected chi connectivity index (χ3v) is 2.69. The molecule has 0 saturated carbocycles. The molecule has 0 amide bonds. The zero-order chi connectivity index (χ0) is 10.8. The lowest BCUT2D eigenvalue weighted by Gasteiger charge is -2.18. The van der Waals surface area contributed by atoms with Gasteiger partial charge in [0.2, 0.25) is 0 Å². The first-order chi connectivity index (χ1) is 7.16. The molecule has 3 N–H and O–H groups in total. The first-order valence-corrected chi connectivity index (χ1v) is 5.03. The normalized spacial score (nSPS) is 14.1. The highest BCUT2D eigenvalue weighted by Gasteiger charge is 2.18. The Hall–Kier alpha value is -1.58. The number of benzene rings is 1. The highest BCUT2D eigenvalue weighted by atomic mass is 19.1. The van der Waals surface area contributed by atoms with E-state index in [4.69, 9.17) is 11.1 Å². The van der Waals surface area contributed by atoms with E-state index in [0.29, 0.717) is 13.0 Å². The maximum atomic E-state index is 13.0. The van der Waals surface area contributed by atoms with Crippen molar-refractivity contribution in [3.8, 4) is 0 Å². The SMILES string of the molecule is N=C(N)CCN1CCc2ccc(F)cc21. The van der Waals surface area contributed by atoms with E-state index >= 15 is 0 Å². The molecule has 1 aliphatic heterocycles. The van der Waals surface area contributed by atoms with Crippen molar-refractivity contribution in [2.24, 2.45) is 5.73 Å². The second kappa shape index (κ2) is 3.88. The van der Waals surface area contributed by atoms with Gasteiger partial charge < -0.3 is 10.6 Å². The molecule has 0 fully saturated rings. The van der Waals surface area contributed by atoms with Gasteiger partial charge in [0.25, 0.3) is 0 Å². The van der Waals surface area contributed by atoms with Crippen molar-refractivity contribution in [1.82, 2.24) is 0 Å². The molecule has 0 spiro atoms. The molecule has 0 saturated heterocycles. The smallest absolute Gasteiger partial charge is 0.125 e. The molecular weight excluding hydrogens is 193 g/mol. The number of anilines is 1. The molecule has 1 aliphatic rings. The van der Waals surface area contributed by atoms with Crippen LogP contribution in [0.4, 0.5) is 10.1 Å². The van der Waals surface area contributed by atoms with Gasteiger partial charge in [-0.25, -0.2) is 4.39 Å². The summed E-state index contributed by atoms with van der Waals surface area (Å²) >= 11 is 0. The molecule has 0 bridgehead atoms. The van der Waals surface area contributed by atoms with Gasteiger partial charge >= 0.3 is 0 Å². The van der Waals surface area contributed by atoms with E-state index < -0.39 is 0 Å². The third-order valence-electron chi connectivity index (χ3n) is 2.69. The van der Waals surface area contributed by atoms with E-state index in [0.717, 1.165) is 18.7 Å². The van der Waals surface area contributed by atoms with Gasteiger partial charge in [-0.15, -0.1) is 0 Å². The van der Waals surface area contributed by atoms with E-state index in [2.05, 4.69) is 4.90 Å². The summed E-state index contributed by atoms with van der Waals surface area (Å²) in [5.41, 5.74) is 7.44. The third kappa shape index (κ3) is 2.09. The van der Waals surface area contributed by atoms with Crippen molar-refractivity contribution in [3.63, 3.8) is 0 Å². The van der Waals surface area contributed by atoms with Crippen LogP contribution in [0.3, 0.4) is 0 Å². The van der Waals surface area contributed by atoms with Crippen LogP contribution in [0.25, 0.3) is 0 Å². The summed E-state index contributed by atoms with van der Waals surface area (Å²) in [5.74, 6) is -0.0247. The Bertz CT molecular complexity index is 389. The summed E-state index contributed by atoms with van der Waals surface area (Å²) in [5, 5.41) is 7.16. The zero-order valence-corrected chi connectivity index (χ0v) is 8.46. The molecule has 80 valence electrons. The molecule has 0 atom stereocenters. The van der Waals surface area contributed by atoms with Crippen LogP contribution in [0.2, 0.25) is 0 Å². The minimum Gasteiger partial charge on any atom is -0.388 e. The summed E-state index contributed by atoms with van der Waals surface area (Å²) < 4.78 is 13.0. The Morgan fingerprint density at radius 3 is 3.07 bits per heavy atom. The van der Waals surface area contributed by atoms with Gasteiger partial charge in [-0.05, 0) is 24.1 Å². The van der Waals surface area contributed by atoms with Crippen molar-refractivity contribution in [1.29, 1.82) is 5.41 Å². The van der Waals surface area contributed by atoms with E-state index in [1.807, 2.05) is 6.07 Å². The number of nitrogens with one attached hydrogen (secondary N) is 1. The summed E-state index contributed by atoms with van der Waals surface area (Å²) in [6, 6.07) is 4.88. The summed E-state index contributed by atoms with van der Waals surface area (Å²) in [7, 11) is 0. The minimum atomic E-state index is -0.205. The quantitative estimate of drug-likeness (QED) is 0.583. The predicted octanol–water partition coefficient (Wildman–Crippen LogP) is 1.51. The molecule has 3 nitrogen and oxygen atoms in total. The molecule has 1 aromatic rings. The number of rotatable bonds is 3. The monoisotopic (exact) mass is 207 g/mol. The maximum Gasteiger partial charge on any atom is 0.125 e. The van der Waals surface area contributed by atoms with Crippen LogP contribution >= 0.6 is 0 Å². The van der Waals surface area contributed by atoms with Gasteiger partial charge in [0.15, 0.2) is 0 Å². The zero-order valence-electron chi connectivity index (χ0n) is 8.46. The van der Waals surface area contributed by atoms with Gasteiger partial charge in [0.05, 0.1) is 5.84 Å². The summed E-state index contributed by atoms with van der Waals surface area (Å²) in [6.45, 7) is 1.60. The fourth-order valence-electron chi connectivity index (χ4n) is 1.91. The summed E-state index contributed by atoms with van der Waals surface area (Å²) in [4.78, 5) is 2.08. The van der Waals surface area contributed by atoms with Crippen molar-refractivity contribution >= 4 is 11.5 Å². The van der Waals surface area contributed by atoms with E-state index in [1.54, 1.807) is 6.07 Å². The molecule has 1 heterocycles. The van der Waals surface area contributed by atoms with Crippen LogP contribution < -0.4 is 10.6 Å². The fourth-order valence-corrected chi connectivity index (χ4v) is 1.91. The molecule has 0 radical (unpaired) electrons. The highest BCUT2D eigenvalue weighted by Crippen LogP contribution is 2.28. The lowest BCUT2D eigenvalue weighted by Crippen LogP contribution is -2.25. The largest absolute Gasteiger partial charge is 0.388 e. The number of halogens is 1. The number of nitrogens with two attached hydrogens (primary N) is 1. The molecular formula is C11H14FN3. The first-order valence-electron chi connectivity index (χ1n) is 5.03. The van der Waals surface area contributed by atoms with Crippen molar-refractivity contribution < 1.29 is 4.39 Å². The molecule has 4 heteroatoms. The average molecular weight is 207 g/mol. The van der Waals surface area contributed by atoms with Gasteiger partial charge in [0.1, 0.15) is 5.82 Å². The van der Waals surface area contributed by atoms with Gasteiger partial charge in [-0.1, -0.05) is 6.07 Å². The fraction of sp³-hybridized carbons (Fsp3) is 0.364. The van der Waals surface area contributed by atoms with Gasteiger partial charge in [-0.3, -0.25) is 5.41 Å². The van der Waals surface area contributed by atoms with Crippen molar-refractivity contribution in [3.05, 3.63) is 29.6 Å². The second-order valence-corrected chi connectivity index (χ2v) is 3.79. The lowest BCUT2D eigenvalue weighted by atomic mass is 10.2. The van der Waals surface area contributed by atoms with E-state index in [9.17, 15) is 4.39 Å². The summed E-state index contributed by atoms with van der Waals surface area (Å²) in [6.07, 6.45) is 1.49. The Kier molecular flexibility index (Phi) is 2.58. The van der Waals surface area contributed by atoms with Crippen LogP contribution in [0, 0.1) is 11.2 Å². The second-order valence-electron chi connectivity index (χ2n) is 3.79. The van der Waals surface area contributed by atoms with Crippen LogP contribution in [-0.2, 0) is 6.42 Å². The van der Waals surface area contributed by atoms with Crippen LogP contribution in [0.1, 0.15) is 12.0 Å².